The zero-order valence-corrected chi connectivity index (χ0v) is 11.2. The highest BCUT2D eigenvalue weighted by atomic mass is 19.1. The summed E-state index contributed by atoms with van der Waals surface area (Å²) in [5.74, 6) is -0.639. The van der Waals surface area contributed by atoms with Gasteiger partial charge in [0.2, 0.25) is 0 Å². The van der Waals surface area contributed by atoms with Crippen LogP contribution in [-0.4, -0.2) is 17.6 Å². The number of ether oxygens (including phenoxy) is 1. The molecule has 2 aromatic rings. The molecule has 0 bridgehead atoms. The minimum absolute atomic E-state index is 0.0559. The standard InChI is InChI=1S/C16H14FNO3/c17-10-5-6-12(14(19)9-10)16(20)18-13-7-8-21-15-4-2-1-3-11(13)15/h1-6,9,13,19H,7-8H2,(H,18,20). The van der Waals surface area contributed by atoms with E-state index in [1.54, 1.807) is 0 Å². The van der Waals surface area contributed by atoms with E-state index >= 15 is 0 Å². The van der Waals surface area contributed by atoms with Crippen molar-refractivity contribution in [3.63, 3.8) is 0 Å². The average molecular weight is 287 g/mol. The predicted molar refractivity (Wildman–Crippen MR) is 74.8 cm³/mol. The number of hydrogen-bond donors (Lipinski definition) is 2. The first kappa shape index (κ1) is 13.4. The van der Waals surface area contributed by atoms with Gasteiger partial charge in [0.05, 0.1) is 18.2 Å². The van der Waals surface area contributed by atoms with Crippen LogP contribution < -0.4 is 10.1 Å². The molecule has 0 fully saturated rings. The molecule has 1 amide bonds. The lowest BCUT2D eigenvalue weighted by Crippen LogP contribution is -2.32. The molecular formula is C16H14FNO3. The molecule has 0 aliphatic carbocycles. The molecule has 1 aliphatic heterocycles. The molecule has 1 atom stereocenters. The fourth-order valence-corrected chi connectivity index (χ4v) is 2.42. The molecule has 0 saturated carbocycles. The predicted octanol–water partition coefficient (Wildman–Crippen LogP) is 2.78. The van der Waals surface area contributed by atoms with Gasteiger partial charge in [0.1, 0.15) is 17.3 Å². The molecule has 2 N–H and O–H groups in total. The number of fused-ring (bicyclic) bond motifs is 1. The van der Waals surface area contributed by atoms with Crippen molar-refractivity contribution in [3.05, 3.63) is 59.4 Å². The highest BCUT2D eigenvalue weighted by molar-refractivity contribution is 5.97. The maximum atomic E-state index is 13.0. The molecule has 2 aromatic carbocycles. The summed E-state index contributed by atoms with van der Waals surface area (Å²) >= 11 is 0. The van der Waals surface area contributed by atoms with Gasteiger partial charge in [-0.3, -0.25) is 4.79 Å². The van der Waals surface area contributed by atoms with Crippen LogP contribution >= 0.6 is 0 Å². The number of rotatable bonds is 2. The lowest BCUT2D eigenvalue weighted by atomic mass is 10.00. The number of halogens is 1. The number of para-hydroxylation sites is 1. The summed E-state index contributed by atoms with van der Waals surface area (Å²) in [4.78, 5) is 12.2. The lowest BCUT2D eigenvalue weighted by molar-refractivity contribution is 0.0922. The first-order valence-electron chi connectivity index (χ1n) is 6.66. The summed E-state index contributed by atoms with van der Waals surface area (Å²) in [5, 5.41) is 12.5. The van der Waals surface area contributed by atoms with Crippen molar-refractivity contribution >= 4 is 5.91 Å². The molecule has 0 saturated heterocycles. The molecule has 108 valence electrons. The van der Waals surface area contributed by atoms with E-state index in [0.29, 0.717) is 13.0 Å². The first-order chi connectivity index (χ1) is 10.1. The largest absolute Gasteiger partial charge is 0.507 e. The van der Waals surface area contributed by atoms with E-state index in [1.807, 2.05) is 24.3 Å². The number of phenols is 1. The molecule has 1 aliphatic rings. The Balaban J connectivity index is 1.83. The van der Waals surface area contributed by atoms with Crippen LogP contribution in [-0.2, 0) is 0 Å². The lowest BCUT2D eigenvalue weighted by Gasteiger charge is -2.26. The minimum atomic E-state index is -0.583. The maximum Gasteiger partial charge on any atom is 0.255 e. The number of carbonyl (C=O) groups excluding carboxylic acids is 1. The summed E-state index contributed by atoms with van der Waals surface area (Å²) in [6, 6.07) is 10.6. The number of nitrogens with one attached hydrogen (secondary N) is 1. The smallest absolute Gasteiger partial charge is 0.255 e. The molecule has 4 nitrogen and oxygen atoms in total. The Bertz CT molecular complexity index is 687. The summed E-state index contributed by atoms with van der Waals surface area (Å²) in [7, 11) is 0. The molecule has 1 heterocycles. The third-order valence-electron chi connectivity index (χ3n) is 3.47. The Hall–Kier alpha value is -2.56. The quantitative estimate of drug-likeness (QED) is 0.893. The van der Waals surface area contributed by atoms with Crippen LogP contribution in [0.15, 0.2) is 42.5 Å². The Kier molecular flexibility index (Phi) is 3.48. The normalized spacial score (nSPS) is 16.7. The van der Waals surface area contributed by atoms with Crippen LogP contribution in [0.3, 0.4) is 0 Å². The van der Waals surface area contributed by atoms with Gasteiger partial charge >= 0.3 is 0 Å². The van der Waals surface area contributed by atoms with Gasteiger partial charge in [0.15, 0.2) is 0 Å². The first-order valence-corrected chi connectivity index (χ1v) is 6.66. The zero-order valence-electron chi connectivity index (χ0n) is 11.2. The van der Waals surface area contributed by atoms with Gasteiger partial charge in [0.25, 0.3) is 5.91 Å². The van der Waals surface area contributed by atoms with E-state index in [-0.39, 0.29) is 17.4 Å². The van der Waals surface area contributed by atoms with Crippen molar-refractivity contribution in [3.8, 4) is 11.5 Å². The Labute approximate surface area is 121 Å². The SMILES string of the molecule is O=C(NC1CCOc2ccccc21)c1ccc(F)cc1O. The second-order valence-electron chi connectivity index (χ2n) is 4.86. The monoisotopic (exact) mass is 287 g/mol. The van der Waals surface area contributed by atoms with Gasteiger partial charge in [-0.2, -0.15) is 0 Å². The zero-order chi connectivity index (χ0) is 14.8. The van der Waals surface area contributed by atoms with Crippen molar-refractivity contribution in [2.45, 2.75) is 12.5 Å². The van der Waals surface area contributed by atoms with Crippen LogP contribution in [0.1, 0.15) is 28.4 Å². The molecule has 21 heavy (non-hydrogen) atoms. The third-order valence-corrected chi connectivity index (χ3v) is 3.47. The van der Waals surface area contributed by atoms with Crippen molar-refractivity contribution in [1.82, 2.24) is 5.32 Å². The summed E-state index contributed by atoms with van der Waals surface area (Å²) in [6.07, 6.45) is 0.644. The van der Waals surface area contributed by atoms with Gasteiger partial charge in [-0.15, -0.1) is 0 Å². The molecule has 3 rings (SSSR count). The van der Waals surface area contributed by atoms with Crippen LogP contribution in [0.2, 0.25) is 0 Å². The number of amides is 1. The fourth-order valence-electron chi connectivity index (χ4n) is 2.42. The number of phenolic OH excluding ortho intramolecular Hbond substituents is 1. The van der Waals surface area contributed by atoms with Crippen molar-refractivity contribution in [2.75, 3.05) is 6.61 Å². The molecule has 5 heteroatoms. The Morgan fingerprint density at radius 1 is 1.29 bits per heavy atom. The highest BCUT2D eigenvalue weighted by Gasteiger charge is 2.24. The number of carbonyl (C=O) groups is 1. The van der Waals surface area contributed by atoms with Crippen LogP contribution in [0.25, 0.3) is 0 Å². The number of aromatic hydroxyl groups is 1. The van der Waals surface area contributed by atoms with E-state index < -0.39 is 11.7 Å². The van der Waals surface area contributed by atoms with Gasteiger partial charge in [-0.05, 0) is 18.2 Å². The topological polar surface area (TPSA) is 58.6 Å². The summed E-state index contributed by atoms with van der Waals surface area (Å²) in [6.45, 7) is 0.511. The number of hydrogen-bond acceptors (Lipinski definition) is 3. The van der Waals surface area contributed by atoms with Gasteiger partial charge in [0, 0.05) is 18.1 Å². The van der Waals surface area contributed by atoms with Crippen LogP contribution in [0.5, 0.6) is 11.5 Å². The van der Waals surface area contributed by atoms with E-state index in [4.69, 9.17) is 4.74 Å². The second-order valence-corrected chi connectivity index (χ2v) is 4.86. The van der Waals surface area contributed by atoms with E-state index in [9.17, 15) is 14.3 Å². The van der Waals surface area contributed by atoms with E-state index in [1.165, 1.54) is 6.07 Å². The fraction of sp³-hybridized carbons (Fsp3) is 0.188. The van der Waals surface area contributed by atoms with Gasteiger partial charge in [-0.25, -0.2) is 4.39 Å². The van der Waals surface area contributed by atoms with Crippen LogP contribution in [0.4, 0.5) is 4.39 Å². The second kappa shape index (κ2) is 5.44. The van der Waals surface area contributed by atoms with Gasteiger partial charge < -0.3 is 15.2 Å². The van der Waals surface area contributed by atoms with Crippen molar-refractivity contribution < 1.29 is 19.0 Å². The highest BCUT2D eigenvalue weighted by Crippen LogP contribution is 2.32. The maximum absolute atomic E-state index is 13.0. The Morgan fingerprint density at radius 3 is 2.90 bits per heavy atom. The average Bonchev–Trinajstić information content (AvgIpc) is 2.47. The minimum Gasteiger partial charge on any atom is -0.507 e. The molecule has 0 aromatic heterocycles. The van der Waals surface area contributed by atoms with Crippen molar-refractivity contribution in [1.29, 1.82) is 0 Å². The molecule has 1 unspecified atom stereocenters. The van der Waals surface area contributed by atoms with Gasteiger partial charge in [-0.1, -0.05) is 18.2 Å². The van der Waals surface area contributed by atoms with Crippen molar-refractivity contribution in [2.24, 2.45) is 0 Å². The Morgan fingerprint density at radius 2 is 2.10 bits per heavy atom. The third kappa shape index (κ3) is 2.67. The van der Waals surface area contributed by atoms with E-state index in [2.05, 4.69) is 5.32 Å². The molecular weight excluding hydrogens is 273 g/mol. The van der Waals surface area contributed by atoms with E-state index in [0.717, 1.165) is 23.4 Å². The molecule has 0 radical (unpaired) electrons. The number of benzene rings is 2. The van der Waals surface area contributed by atoms with Crippen LogP contribution in [0, 0.1) is 5.82 Å². The summed E-state index contributed by atoms with van der Waals surface area (Å²) in [5.41, 5.74) is 0.957. The summed E-state index contributed by atoms with van der Waals surface area (Å²) < 4.78 is 18.5. The molecule has 0 spiro atoms.